The van der Waals surface area contributed by atoms with Crippen LogP contribution in [-0.2, 0) is 4.74 Å². The first-order valence-electron chi connectivity index (χ1n) is 6.39. The highest BCUT2D eigenvalue weighted by molar-refractivity contribution is 5.89. The smallest absolute Gasteiger partial charge is 0.408 e. The van der Waals surface area contributed by atoms with E-state index in [0.29, 0.717) is 11.1 Å². The molecule has 0 spiro atoms. The topological polar surface area (TPSA) is 47.6 Å². The molecule has 0 unspecified atom stereocenters. The molecule has 1 aliphatic rings. The Balaban J connectivity index is 2.24. The fraction of sp³-hybridized carbons (Fsp3) is 0.267. The number of fused-ring (bicyclic) bond motifs is 1. The van der Waals surface area contributed by atoms with Gasteiger partial charge in [0.15, 0.2) is 6.61 Å². The number of hydrogen-bond donors (Lipinski definition) is 1. The van der Waals surface area contributed by atoms with Gasteiger partial charge in [0.25, 0.3) is 0 Å². The van der Waals surface area contributed by atoms with E-state index in [9.17, 15) is 13.6 Å². The SMILES string of the molecule is COc1ccc2ccccc2c1[C@H]1NC(=O)OCC1(F)F. The Morgan fingerprint density at radius 2 is 2.05 bits per heavy atom. The lowest BCUT2D eigenvalue weighted by molar-refractivity contribution is -0.104. The van der Waals surface area contributed by atoms with Crippen LogP contribution in [0.15, 0.2) is 36.4 Å². The minimum atomic E-state index is -3.22. The number of alkyl carbamates (subject to hydrolysis) is 1. The highest BCUT2D eigenvalue weighted by atomic mass is 19.3. The van der Waals surface area contributed by atoms with E-state index in [1.54, 1.807) is 24.3 Å². The number of carbonyl (C=O) groups excluding carboxylic acids is 1. The van der Waals surface area contributed by atoms with E-state index in [1.165, 1.54) is 7.11 Å². The molecule has 1 heterocycles. The number of benzene rings is 2. The molecule has 3 rings (SSSR count). The number of rotatable bonds is 2. The summed E-state index contributed by atoms with van der Waals surface area (Å²) < 4.78 is 38.0. The Hall–Kier alpha value is -2.37. The van der Waals surface area contributed by atoms with E-state index in [0.717, 1.165) is 5.39 Å². The molecule has 0 radical (unpaired) electrons. The summed E-state index contributed by atoms with van der Waals surface area (Å²) in [5, 5.41) is 3.61. The lowest BCUT2D eigenvalue weighted by atomic mass is 9.93. The Bertz CT molecular complexity index is 702. The van der Waals surface area contributed by atoms with Crippen molar-refractivity contribution in [1.29, 1.82) is 0 Å². The van der Waals surface area contributed by atoms with Gasteiger partial charge in [-0.15, -0.1) is 0 Å². The Morgan fingerprint density at radius 3 is 2.81 bits per heavy atom. The predicted molar refractivity (Wildman–Crippen MR) is 72.7 cm³/mol. The summed E-state index contributed by atoms with van der Waals surface area (Å²) in [7, 11) is 1.41. The molecule has 0 aliphatic carbocycles. The molecular weight excluding hydrogens is 280 g/mol. The van der Waals surface area contributed by atoms with Crippen molar-refractivity contribution < 1.29 is 23.0 Å². The minimum Gasteiger partial charge on any atom is -0.496 e. The van der Waals surface area contributed by atoms with Crippen molar-refractivity contribution in [2.24, 2.45) is 0 Å². The highest BCUT2D eigenvalue weighted by Gasteiger charge is 2.48. The molecule has 110 valence electrons. The molecular formula is C15H13F2NO3. The van der Waals surface area contributed by atoms with E-state index in [4.69, 9.17) is 4.74 Å². The Kier molecular flexibility index (Phi) is 3.16. The van der Waals surface area contributed by atoms with Crippen LogP contribution in [-0.4, -0.2) is 25.7 Å². The van der Waals surface area contributed by atoms with Crippen LogP contribution in [0.4, 0.5) is 13.6 Å². The molecule has 2 aromatic rings. The first kappa shape index (κ1) is 13.6. The van der Waals surface area contributed by atoms with Crippen LogP contribution < -0.4 is 10.1 Å². The number of halogens is 2. The zero-order valence-electron chi connectivity index (χ0n) is 11.2. The number of carbonyl (C=O) groups is 1. The van der Waals surface area contributed by atoms with Crippen LogP contribution in [0.3, 0.4) is 0 Å². The summed E-state index contributed by atoms with van der Waals surface area (Å²) in [6, 6.07) is 9.04. The van der Waals surface area contributed by atoms with Gasteiger partial charge in [-0.1, -0.05) is 30.3 Å². The summed E-state index contributed by atoms with van der Waals surface area (Å²) in [5.74, 6) is -2.91. The van der Waals surface area contributed by atoms with Gasteiger partial charge < -0.3 is 14.8 Å². The van der Waals surface area contributed by atoms with Gasteiger partial charge in [-0.2, -0.15) is 0 Å². The maximum absolute atomic E-state index is 14.2. The first-order chi connectivity index (χ1) is 10.0. The predicted octanol–water partition coefficient (Wildman–Crippen LogP) is 3.26. The van der Waals surface area contributed by atoms with Gasteiger partial charge >= 0.3 is 12.0 Å². The normalized spacial score (nSPS) is 20.7. The van der Waals surface area contributed by atoms with Gasteiger partial charge in [-0.05, 0) is 16.8 Å². The average Bonchev–Trinajstić information content (AvgIpc) is 2.49. The molecule has 1 atom stereocenters. The maximum atomic E-state index is 14.2. The monoisotopic (exact) mass is 293 g/mol. The van der Waals surface area contributed by atoms with E-state index in [2.05, 4.69) is 10.1 Å². The van der Waals surface area contributed by atoms with E-state index >= 15 is 0 Å². The first-order valence-corrected chi connectivity index (χ1v) is 6.39. The quantitative estimate of drug-likeness (QED) is 0.924. The molecule has 1 fully saturated rings. The number of methoxy groups -OCH3 is 1. The summed E-state index contributed by atoms with van der Waals surface area (Å²) in [6.45, 7) is -0.949. The molecule has 4 nitrogen and oxygen atoms in total. The largest absolute Gasteiger partial charge is 0.496 e. The fourth-order valence-corrected chi connectivity index (χ4v) is 2.54. The molecule has 0 aromatic heterocycles. The zero-order chi connectivity index (χ0) is 15.0. The van der Waals surface area contributed by atoms with E-state index in [-0.39, 0.29) is 5.56 Å². The molecule has 1 amide bonds. The van der Waals surface area contributed by atoms with Crippen LogP contribution in [0, 0.1) is 0 Å². The zero-order valence-corrected chi connectivity index (χ0v) is 11.2. The van der Waals surface area contributed by atoms with Crippen LogP contribution >= 0.6 is 0 Å². The number of hydrogen-bond acceptors (Lipinski definition) is 3. The second-order valence-corrected chi connectivity index (χ2v) is 4.82. The molecule has 1 aliphatic heterocycles. The number of alkyl halides is 2. The molecule has 1 N–H and O–H groups in total. The molecule has 1 saturated heterocycles. The number of cyclic esters (lactones) is 1. The van der Waals surface area contributed by atoms with Crippen LogP contribution in [0.2, 0.25) is 0 Å². The third kappa shape index (κ3) is 2.26. The summed E-state index contributed by atoms with van der Waals surface area (Å²) in [6.07, 6.45) is -0.860. The van der Waals surface area contributed by atoms with Crippen molar-refractivity contribution in [1.82, 2.24) is 5.32 Å². The summed E-state index contributed by atoms with van der Waals surface area (Å²) >= 11 is 0. The molecule has 2 aromatic carbocycles. The minimum absolute atomic E-state index is 0.261. The van der Waals surface area contributed by atoms with E-state index < -0.39 is 24.7 Å². The number of ether oxygens (including phenoxy) is 2. The van der Waals surface area contributed by atoms with Gasteiger partial charge in [0.2, 0.25) is 0 Å². The van der Waals surface area contributed by atoms with Gasteiger partial charge in [0, 0.05) is 5.56 Å². The molecule has 0 saturated carbocycles. The van der Waals surface area contributed by atoms with Crippen molar-refractivity contribution in [3.05, 3.63) is 42.0 Å². The lowest BCUT2D eigenvalue weighted by Gasteiger charge is -2.33. The molecule has 21 heavy (non-hydrogen) atoms. The van der Waals surface area contributed by atoms with Crippen molar-refractivity contribution in [3.63, 3.8) is 0 Å². The van der Waals surface area contributed by atoms with Gasteiger partial charge in [-0.25, -0.2) is 13.6 Å². The highest BCUT2D eigenvalue weighted by Crippen LogP contribution is 2.42. The van der Waals surface area contributed by atoms with Crippen molar-refractivity contribution in [2.45, 2.75) is 12.0 Å². The number of nitrogens with one attached hydrogen (secondary N) is 1. The Morgan fingerprint density at radius 1 is 1.29 bits per heavy atom. The van der Waals surface area contributed by atoms with Crippen LogP contribution in [0.5, 0.6) is 5.75 Å². The third-order valence-corrected chi connectivity index (χ3v) is 3.52. The standard InChI is InChI=1S/C15H13F2NO3/c1-20-11-7-6-9-4-2-3-5-10(9)12(11)13-15(16,17)8-21-14(19)18-13/h2-7,13H,8H2,1H3,(H,18,19)/t13-/m1/s1. The van der Waals surface area contributed by atoms with Crippen molar-refractivity contribution >= 4 is 16.9 Å². The average molecular weight is 293 g/mol. The fourth-order valence-electron chi connectivity index (χ4n) is 2.54. The van der Waals surface area contributed by atoms with Crippen LogP contribution in [0.1, 0.15) is 11.6 Å². The van der Waals surface area contributed by atoms with Gasteiger partial charge in [0.05, 0.1) is 7.11 Å². The summed E-state index contributed by atoms with van der Waals surface area (Å²) in [4.78, 5) is 11.4. The van der Waals surface area contributed by atoms with Crippen molar-refractivity contribution in [2.75, 3.05) is 13.7 Å². The van der Waals surface area contributed by atoms with Gasteiger partial charge in [-0.3, -0.25) is 0 Å². The van der Waals surface area contributed by atoms with E-state index in [1.807, 2.05) is 12.1 Å². The van der Waals surface area contributed by atoms with Gasteiger partial charge in [0.1, 0.15) is 11.8 Å². The number of amides is 1. The molecule has 0 bridgehead atoms. The maximum Gasteiger partial charge on any atom is 0.408 e. The van der Waals surface area contributed by atoms with Crippen LogP contribution in [0.25, 0.3) is 10.8 Å². The third-order valence-electron chi connectivity index (χ3n) is 3.52. The second kappa shape index (κ2) is 4.87. The molecule has 6 heteroatoms. The Labute approximate surface area is 119 Å². The van der Waals surface area contributed by atoms with Crippen molar-refractivity contribution in [3.8, 4) is 5.75 Å². The lowest BCUT2D eigenvalue weighted by Crippen LogP contribution is -2.49. The summed E-state index contributed by atoms with van der Waals surface area (Å²) in [5.41, 5.74) is 0.261. The second-order valence-electron chi connectivity index (χ2n) is 4.82.